The maximum Gasteiger partial charge on any atom is 0.0554 e. The summed E-state index contributed by atoms with van der Waals surface area (Å²) in [7, 11) is 0. The van der Waals surface area contributed by atoms with Crippen molar-refractivity contribution in [3.63, 3.8) is 0 Å². The zero-order valence-corrected chi connectivity index (χ0v) is 12.1. The van der Waals surface area contributed by atoms with Gasteiger partial charge < -0.3 is 0 Å². The lowest BCUT2D eigenvalue weighted by atomic mass is 9.98. The summed E-state index contributed by atoms with van der Waals surface area (Å²) in [6.45, 7) is 6.63. The average Bonchev–Trinajstić information content (AvgIpc) is 2.30. The molecule has 1 aromatic rings. The summed E-state index contributed by atoms with van der Waals surface area (Å²) < 4.78 is 0. The van der Waals surface area contributed by atoms with Crippen LogP contribution in [-0.4, -0.2) is 10.3 Å². The molecule has 0 radical (unpaired) electrons. The van der Waals surface area contributed by atoms with Gasteiger partial charge in [0.1, 0.15) is 0 Å². The summed E-state index contributed by atoms with van der Waals surface area (Å²) in [4.78, 5) is 0. The second-order valence-electron chi connectivity index (χ2n) is 3.12. The Hall–Kier alpha value is -1.18. The highest BCUT2D eigenvalue weighted by atomic mass is 32.1. The van der Waals surface area contributed by atoms with E-state index in [2.05, 4.69) is 63.4 Å². The highest BCUT2D eigenvalue weighted by Gasteiger charge is 1.99. The number of benzene rings is 1. The Kier molecular flexibility index (Phi) is 13.8. The van der Waals surface area contributed by atoms with E-state index < -0.39 is 0 Å². The third kappa shape index (κ3) is 8.61. The fourth-order valence-electron chi connectivity index (χ4n) is 1.60. The smallest absolute Gasteiger partial charge is 0.0554 e. The molecule has 0 aliphatic heterocycles. The minimum Gasteiger partial charge on any atom is -0.248 e. The molecular weight excluding hydrogens is 248 g/mol. The van der Waals surface area contributed by atoms with E-state index in [1.54, 1.807) is 10.3 Å². The SMILES string of the molecule is CCc1cccc(C)c1CC.N=C=S.N=C=S. The number of aryl methyl sites for hydroxylation is 2. The third-order valence-corrected chi connectivity index (χ3v) is 2.24. The van der Waals surface area contributed by atoms with Crippen molar-refractivity contribution < 1.29 is 0 Å². The van der Waals surface area contributed by atoms with E-state index in [1.165, 1.54) is 16.7 Å². The molecule has 0 unspecified atom stereocenters. The first-order chi connectivity index (χ1) is 8.12. The largest absolute Gasteiger partial charge is 0.248 e. The van der Waals surface area contributed by atoms with Crippen LogP contribution >= 0.6 is 24.4 Å². The Balaban J connectivity index is 0. The molecule has 17 heavy (non-hydrogen) atoms. The number of nitrogens with one attached hydrogen (secondary N) is 2. The molecule has 0 aliphatic carbocycles. The molecule has 1 rings (SSSR count). The summed E-state index contributed by atoms with van der Waals surface area (Å²) in [6.07, 6.45) is 2.32. The number of hydrogen-bond acceptors (Lipinski definition) is 4. The fraction of sp³-hybridized carbons (Fsp3) is 0.385. The Morgan fingerprint density at radius 1 is 1.06 bits per heavy atom. The summed E-state index contributed by atoms with van der Waals surface area (Å²) in [5, 5.41) is 14.7. The molecule has 2 nitrogen and oxygen atoms in total. The van der Waals surface area contributed by atoms with Gasteiger partial charge in [-0.3, -0.25) is 0 Å². The van der Waals surface area contributed by atoms with E-state index in [-0.39, 0.29) is 0 Å². The summed E-state index contributed by atoms with van der Waals surface area (Å²) in [6, 6.07) is 6.57. The Labute approximate surface area is 114 Å². The molecule has 0 amide bonds. The van der Waals surface area contributed by atoms with Crippen molar-refractivity contribution in [1.29, 1.82) is 10.8 Å². The van der Waals surface area contributed by atoms with Crippen LogP contribution in [0.25, 0.3) is 0 Å². The molecule has 0 fully saturated rings. The maximum atomic E-state index is 5.77. The first-order valence-electron chi connectivity index (χ1n) is 5.27. The van der Waals surface area contributed by atoms with Gasteiger partial charge in [0.15, 0.2) is 0 Å². The van der Waals surface area contributed by atoms with Crippen molar-refractivity contribution in [2.45, 2.75) is 33.6 Å². The number of rotatable bonds is 2. The zero-order valence-electron chi connectivity index (χ0n) is 10.5. The molecule has 0 saturated carbocycles. The Morgan fingerprint density at radius 2 is 1.53 bits per heavy atom. The van der Waals surface area contributed by atoms with Gasteiger partial charge in [-0.25, -0.2) is 10.8 Å². The summed E-state index contributed by atoms with van der Waals surface area (Å²) in [5.41, 5.74) is 4.48. The lowest BCUT2D eigenvalue weighted by Crippen LogP contribution is -1.93. The van der Waals surface area contributed by atoms with E-state index in [9.17, 15) is 0 Å². The molecule has 0 aliphatic rings. The van der Waals surface area contributed by atoms with Crippen LogP contribution in [0.4, 0.5) is 0 Å². The van der Waals surface area contributed by atoms with Crippen LogP contribution in [0.2, 0.25) is 0 Å². The van der Waals surface area contributed by atoms with Crippen LogP contribution < -0.4 is 0 Å². The second-order valence-corrected chi connectivity index (χ2v) is 3.53. The predicted molar refractivity (Wildman–Crippen MR) is 80.6 cm³/mol. The molecule has 0 spiro atoms. The number of hydrogen-bond donors (Lipinski definition) is 2. The van der Waals surface area contributed by atoms with Crippen LogP contribution in [0, 0.1) is 17.7 Å². The minimum absolute atomic E-state index is 1.16. The molecule has 4 heteroatoms. The van der Waals surface area contributed by atoms with Gasteiger partial charge >= 0.3 is 0 Å². The van der Waals surface area contributed by atoms with Crippen molar-refractivity contribution in [3.05, 3.63) is 34.9 Å². The molecule has 0 saturated heterocycles. The van der Waals surface area contributed by atoms with Gasteiger partial charge in [-0.05, 0) is 60.9 Å². The van der Waals surface area contributed by atoms with E-state index in [0.717, 1.165) is 12.8 Å². The van der Waals surface area contributed by atoms with E-state index in [4.69, 9.17) is 10.8 Å². The Bertz CT molecular complexity index is 376. The molecule has 0 heterocycles. The zero-order chi connectivity index (χ0) is 13.7. The Morgan fingerprint density at radius 3 is 1.82 bits per heavy atom. The van der Waals surface area contributed by atoms with Crippen LogP contribution in [-0.2, 0) is 12.8 Å². The van der Waals surface area contributed by atoms with Crippen LogP contribution in [0.1, 0.15) is 30.5 Å². The van der Waals surface area contributed by atoms with Crippen molar-refractivity contribution in [1.82, 2.24) is 0 Å². The minimum atomic E-state index is 1.16. The van der Waals surface area contributed by atoms with Crippen molar-refractivity contribution in [3.8, 4) is 0 Å². The molecule has 1 aromatic carbocycles. The molecular formula is C13H18N2S2. The quantitative estimate of drug-likeness (QED) is 0.613. The molecule has 0 atom stereocenters. The topological polar surface area (TPSA) is 47.7 Å². The summed E-state index contributed by atoms with van der Waals surface area (Å²) >= 11 is 7.62. The molecule has 0 bridgehead atoms. The molecule has 0 aromatic heterocycles. The average molecular weight is 266 g/mol. The van der Waals surface area contributed by atoms with Gasteiger partial charge in [-0.1, -0.05) is 32.0 Å². The van der Waals surface area contributed by atoms with E-state index in [0.29, 0.717) is 0 Å². The predicted octanol–water partition coefficient (Wildman–Crippen LogP) is 4.46. The standard InChI is InChI=1S/C11H16.2CHNS/c1-4-10-8-6-7-9(3)11(10)5-2;2*2-1-3/h6-8H,4-5H2,1-3H3;2*2H. The van der Waals surface area contributed by atoms with Crippen LogP contribution in [0.3, 0.4) is 0 Å². The molecule has 2 N–H and O–H groups in total. The first kappa shape index (κ1) is 18.2. The van der Waals surface area contributed by atoms with E-state index in [1.807, 2.05) is 0 Å². The van der Waals surface area contributed by atoms with E-state index >= 15 is 0 Å². The summed E-state index contributed by atoms with van der Waals surface area (Å²) in [5.74, 6) is 0. The highest BCUT2D eigenvalue weighted by molar-refractivity contribution is 7.78. The monoisotopic (exact) mass is 266 g/mol. The van der Waals surface area contributed by atoms with Gasteiger partial charge in [0.2, 0.25) is 0 Å². The van der Waals surface area contributed by atoms with Crippen molar-refractivity contribution >= 4 is 34.8 Å². The van der Waals surface area contributed by atoms with Gasteiger partial charge in [0.25, 0.3) is 0 Å². The van der Waals surface area contributed by atoms with Crippen LogP contribution in [0.15, 0.2) is 18.2 Å². The normalized spacial score (nSPS) is 7.47. The highest BCUT2D eigenvalue weighted by Crippen LogP contribution is 2.14. The first-order valence-corrected chi connectivity index (χ1v) is 6.09. The fourth-order valence-corrected chi connectivity index (χ4v) is 1.60. The lowest BCUT2D eigenvalue weighted by molar-refractivity contribution is 1.02. The third-order valence-electron chi connectivity index (χ3n) is 2.24. The van der Waals surface area contributed by atoms with Gasteiger partial charge in [-0.2, -0.15) is 0 Å². The maximum absolute atomic E-state index is 5.77. The van der Waals surface area contributed by atoms with Gasteiger partial charge in [-0.15, -0.1) is 0 Å². The van der Waals surface area contributed by atoms with Gasteiger partial charge in [0.05, 0.1) is 10.3 Å². The van der Waals surface area contributed by atoms with Crippen molar-refractivity contribution in [2.24, 2.45) is 0 Å². The van der Waals surface area contributed by atoms with Gasteiger partial charge in [0, 0.05) is 0 Å². The van der Waals surface area contributed by atoms with Crippen molar-refractivity contribution in [2.75, 3.05) is 0 Å². The lowest BCUT2D eigenvalue weighted by Gasteiger charge is -2.07. The number of isothiocyanates is 2. The molecule has 92 valence electrons. The second kappa shape index (κ2) is 12.9. The number of thiocarbonyl (C=S) groups is 2. The van der Waals surface area contributed by atoms with Crippen LogP contribution in [0.5, 0.6) is 0 Å².